The molecular weight excluding hydrogens is 310 g/mol. The van der Waals surface area contributed by atoms with E-state index in [1.807, 2.05) is 43.7 Å². The number of ether oxygens (including phenoxy) is 1. The second-order valence-electron chi connectivity index (χ2n) is 6.04. The molecule has 23 heavy (non-hydrogen) atoms. The molecule has 2 aliphatic rings. The highest BCUT2D eigenvalue weighted by molar-refractivity contribution is 6.30. The summed E-state index contributed by atoms with van der Waals surface area (Å²) in [5.41, 5.74) is 6.51. The summed E-state index contributed by atoms with van der Waals surface area (Å²) in [4.78, 5) is 7.09. The second-order valence-corrected chi connectivity index (χ2v) is 6.48. The number of imidazole rings is 1. The highest BCUT2D eigenvalue weighted by atomic mass is 35.5. The van der Waals surface area contributed by atoms with E-state index in [0.717, 1.165) is 48.3 Å². The molecule has 1 unspecified atom stereocenters. The van der Waals surface area contributed by atoms with Gasteiger partial charge in [0.15, 0.2) is 0 Å². The molecule has 5 heteroatoms. The van der Waals surface area contributed by atoms with Crippen LogP contribution >= 0.6 is 11.6 Å². The van der Waals surface area contributed by atoms with Gasteiger partial charge in [0.25, 0.3) is 0 Å². The maximum atomic E-state index is 6.03. The van der Waals surface area contributed by atoms with Crippen LogP contribution in [0.3, 0.4) is 0 Å². The minimum atomic E-state index is 0.344. The molecule has 1 atom stereocenters. The van der Waals surface area contributed by atoms with Crippen LogP contribution in [0.25, 0.3) is 17.5 Å². The van der Waals surface area contributed by atoms with Crippen LogP contribution in [-0.4, -0.2) is 34.7 Å². The lowest BCUT2D eigenvalue weighted by Crippen LogP contribution is -2.12. The van der Waals surface area contributed by atoms with Crippen LogP contribution in [-0.2, 0) is 11.3 Å². The highest BCUT2D eigenvalue weighted by Crippen LogP contribution is 2.33. The first-order valence-electron chi connectivity index (χ1n) is 7.80. The van der Waals surface area contributed by atoms with E-state index < -0.39 is 0 Å². The zero-order valence-electron chi connectivity index (χ0n) is 13.0. The topological polar surface area (TPSA) is 30.3 Å². The first-order valence-corrected chi connectivity index (χ1v) is 8.18. The van der Waals surface area contributed by atoms with Gasteiger partial charge in [0.05, 0.1) is 30.7 Å². The van der Waals surface area contributed by atoms with Crippen LogP contribution < -0.4 is 0 Å². The summed E-state index contributed by atoms with van der Waals surface area (Å²) in [5, 5.41) is 0.738. The largest absolute Gasteiger partial charge is 0.381 e. The van der Waals surface area contributed by atoms with E-state index in [1.165, 1.54) is 5.69 Å². The average Bonchev–Trinajstić information content (AvgIpc) is 3.13. The molecule has 1 aromatic carbocycles. The first-order chi connectivity index (χ1) is 11.2. The molecule has 4 rings (SSSR count). The van der Waals surface area contributed by atoms with Crippen molar-refractivity contribution in [2.75, 3.05) is 20.3 Å². The lowest BCUT2D eigenvalue weighted by atomic mass is 10.1. The highest BCUT2D eigenvalue weighted by Gasteiger charge is 2.27. The van der Waals surface area contributed by atoms with Gasteiger partial charge in [-0.25, -0.2) is 4.98 Å². The molecule has 0 saturated carbocycles. The molecule has 2 aromatic rings. The number of aromatic nitrogens is 2. The van der Waals surface area contributed by atoms with Crippen LogP contribution in [0.15, 0.2) is 36.2 Å². The predicted octanol–water partition coefficient (Wildman–Crippen LogP) is 3.74. The summed E-state index contributed by atoms with van der Waals surface area (Å²) in [6.45, 7) is 2.34. The molecule has 118 valence electrons. The molecule has 4 nitrogen and oxygen atoms in total. The van der Waals surface area contributed by atoms with Crippen molar-refractivity contribution in [3.8, 4) is 11.3 Å². The third-order valence-electron chi connectivity index (χ3n) is 4.35. The normalized spacial score (nSPS) is 19.9. The predicted molar refractivity (Wildman–Crippen MR) is 91.2 cm³/mol. The Hall–Kier alpha value is -2.00. The number of halogens is 1. The van der Waals surface area contributed by atoms with Gasteiger partial charge in [0.1, 0.15) is 5.82 Å². The molecular formula is C18H18ClN3O. The Morgan fingerprint density at radius 1 is 1.26 bits per heavy atom. The van der Waals surface area contributed by atoms with Gasteiger partial charge in [-0.2, -0.15) is 0 Å². The second kappa shape index (κ2) is 5.89. The van der Waals surface area contributed by atoms with Crippen molar-refractivity contribution in [2.45, 2.75) is 18.9 Å². The lowest BCUT2D eigenvalue weighted by Gasteiger charge is -2.14. The molecule has 0 radical (unpaired) electrons. The summed E-state index contributed by atoms with van der Waals surface area (Å²) >= 11 is 6.03. The van der Waals surface area contributed by atoms with Crippen molar-refractivity contribution in [1.29, 1.82) is 0 Å². The van der Waals surface area contributed by atoms with Gasteiger partial charge in [0, 0.05) is 36.4 Å². The molecule has 1 aromatic heterocycles. The standard InChI is InChI=1S/C18H18ClN3O/c1-21-8-2-9-22-16(11-21)17(13-3-5-15(19)6-4-13)20-18(22)14-7-10-23-12-14/h3-6,8-9,14H,7,10-12H2,1H3. The van der Waals surface area contributed by atoms with Gasteiger partial charge in [-0.3, -0.25) is 4.57 Å². The van der Waals surface area contributed by atoms with E-state index in [9.17, 15) is 0 Å². The Bertz CT molecular complexity index is 781. The zero-order chi connectivity index (χ0) is 15.8. The van der Waals surface area contributed by atoms with Crippen LogP contribution in [0.4, 0.5) is 0 Å². The van der Waals surface area contributed by atoms with Crippen molar-refractivity contribution in [3.05, 3.63) is 52.7 Å². The molecule has 1 fully saturated rings. The van der Waals surface area contributed by atoms with Crippen molar-refractivity contribution in [2.24, 2.45) is 0 Å². The average molecular weight is 328 g/mol. The van der Waals surface area contributed by atoms with Crippen molar-refractivity contribution < 1.29 is 4.74 Å². The maximum Gasteiger partial charge on any atom is 0.119 e. The number of nitrogens with zero attached hydrogens (tertiary/aromatic N) is 3. The molecule has 3 heterocycles. The van der Waals surface area contributed by atoms with Crippen LogP contribution in [0.1, 0.15) is 23.9 Å². The van der Waals surface area contributed by atoms with Gasteiger partial charge >= 0.3 is 0 Å². The minimum Gasteiger partial charge on any atom is -0.381 e. The smallest absolute Gasteiger partial charge is 0.119 e. The van der Waals surface area contributed by atoms with Crippen LogP contribution in [0.2, 0.25) is 5.02 Å². The van der Waals surface area contributed by atoms with Gasteiger partial charge in [0.2, 0.25) is 0 Å². The van der Waals surface area contributed by atoms with E-state index in [4.69, 9.17) is 21.3 Å². The number of fused-ring (bicyclic) bond motifs is 1. The number of rotatable bonds is 2. The summed E-state index contributed by atoms with van der Waals surface area (Å²) in [5.74, 6) is 1.41. The Balaban J connectivity index is 1.87. The molecule has 2 aliphatic heterocycles. The van der Waals surface area contributed by atoms with E-state index in [-0.39, 0.29) is 0 Å². The molecule has 0 aliphatic carbocycles. The summed E-state index contributed by atoms with van der Waals surface area (Å²) in [7, 11) is 2.05. The Kier molecular flexibility index (Phi) is 3.74. The maximum absolute atomic E-state index is 6.03. The minimum absolute atomic E-state index is 0.344. The molecule has 0 N–H and O–H groups in total. The SMILES string of the molecule is CN1C=C=Cn2c(C3CCOC3)nc(-c3ccc(Cl)cc3)c2C1. The fraction of sp³-hybridized carbons (Fsp3) is 0.333. The molecule has 0 spiro atoms. The van der Waals surface area contributed by atoms with E-state index >= 15 is 0 Å². The van der Waals surface area contributed by atoms with E-state index in [1.54, 1.807) is 0 Å². The Morgan fingerprint density at radius 2 is 2.09 bits per heavy atom. The fourth-order valence-electron chi connectivity index (χ4n) is 3.16. The summed E-state index contributed by atoms with van der Waals surface area (Å²) < 4.78 is 7.75. The van der Waals surface area contributed by atoms with Gasteiger partial charge < -0.3 is 9.64 Å². The van der Waals surface area contributed by atoms with E-state index in [2.05, 4.69) is 15.2 Å². The molecule has 0 amide bonds. The third kappa shape index (κ3) is 2.70. The van der Waals surface area contributed by atoms with Gasteiger partial charge in [-0.05, 0) is 18.6 Å². The molecule has 1 saturated heterocycles. The summed E-state index contributed by atoms with van der Waals surface area (Å²) in [6.07, 6.45) is 4.97. The Morgan fingerprint density at radius 3 is 2.83 bits per heavy atom. The fourth-order valence-corrected chi connectivity index (χ4v) is 3.29. The number of hydrogen-bond donors (Lipinski definition) is 0. The molecule has 0 bridgehead atoms. The summed E-state index contributed by atoms with van der Waals surface area (Å²) in [6, 6.07) is 7.88. The van der Waals surface area contributed by atoms with E-state index in [0.29, 0.717) is 5.92 Å². The van der Waals surface area contributed by atoms with Crippen molar-refractivity contribution in [3.63, 3.8) is 0 Å². The monoisotopic (exact) mass is 327 g/mol. The van der Waals surface area contributed by atoms with Crippen LogP contribution in [0.5, 0.6) is 0 Å². The van der Waals surface area contributed by atoms with Gasteiger partial charge in [-0.15, -0.1) is 0 Å². The first kappa shape index (κ1) is 14.6. The van der Waals surface area contributed by atoms with Crippen LogP contribution in [0, 0.1) is 0 Å². The third-order valence-corrected chi connectivity index (χ3v) is 4.60. The Labute approximate surface area is 140 Å². The number of benzene rings is 1. The van der Waals surface area contributed by atoms with Gasteiger partial charge in [-0.1, -0.05) is 29.5 Å². The zero-order valence-corrected chi connectivity index (χ0v) is 13.8. The van der Waals surface area contributed by atoms with Crippen molar-refractivity contribution in [1.82, 2.24) is 14.5 Å². The lowest BCUT2D eigenvalue weighted by molar-refractivity contribution is 0.193. The quantitative estimate of drug-likeness (QED) is 0.787. The van der Waals surface area contributed by atoms with Crippen molar-refractivity contribution >= 4 is 17.8 Å². The number of hydrogen-bond acceptors (Lipinski definition) is 3.